The largest absolute Gasteiger partial charge is 0.334 e. The molecular formula is C12H21N3. The van der Waals surface area contributed by atoms with Gasteiger partial charge in [-0.25, -0.2) is 4.98 Å². The highest BCUT2D eigenvalue weighted by atomic mass is 15.2. The van der Waals surface area contributed by atoms with E-state index in [0.29, 0.717) is 5.92 Å². The van der Waals surface area contributed by atoms with Crippen LogP contribution in [0.25, 0.3) is 0 Å². The van der Waals surface area contributed by atoms with Crippen LogP contribution in [0.4, 0.5) is 0 Å². The van der Waals surface area contributed by atoms with Crippen molar-refractivity contribution in [3.8, 4) is 0 Å². The fourth-order valence-corrected chi connectivity index (χ4v) is 2.66. The second kappa shape index (κ2) is 3.97. The molecule has 3 nitrogen and oxygen atoms in total. The normalized spacial score (nSPS) is 26.4. The summed E-state index contributed by atoms with van der Waals surface area (Å²) in [7, 11) is 0. The van der Waals surface area contributed by atoms with Crippen LogP contribution in [0.3, 0.4) is 0 Å². The van der Waals surface area contributed by atoms with Gasteiger partial charge >= 0.3 is 0 Å². The van der Waals surface area contributed by atoms with Gasteiger partial charge in [0.05, 0.1) is 5.54 Å². The fraction of sp³-hybridized carbons (Fsp3) is 0.750. The van der Waals surface area contributed by atoms with Gasteiger partial charge in [0, 0.05) is 18.9 Å². The van der Waals surface area contributed by atoms with Crippen LogP contribution < -0.4 is 5.32 Å². The van der Waals surface area contributed by atoms with Crippen LogP contribution in [0, 0.1) is 5.92 Å². The lowest BCUT2D eigenvalue weighted by Crippen LogP contribution is -2.44. The lowest BCUT2D eigenvalue weighted by atomic mass is 9.84. The van der Waals surface area contributed by atoms with Gasteiger partial charge in [-0.3, -0.25) is 0 Å². The van der Waals surface area contributed by atoms with Gasteiger partial charge < -0.3 is 9.88 Å². The van der Waals surface area contributed by atoms with E-state index < -0.39 is 0 Å². The van der Waals surface area contributed by atoms with Crippen molar-refractivity contribution < 1.29 is 0 Å². The molecule has 1 unspecified atom stereocenters. The second-order valence-corrected chi connectivity index (χ2v) is 4.69. The maximum Gasteiger partial charge on any atom is 0.129 e. The molecule has 0 spiro atoms. The number of rotatable bonds is 3. The molecule has 2 heterocycles. The minimum Gasteiger partial charge on any atom is -0.334 e. The molecule has 0 saturated carbocycles. The number of aromatic nitrogens is 2. The van der Waals surface area contributed by atoms with Crippen molar-refractivity contribution in [1.29, 1.82) is 0 Å². The molecule has 0 aliphatic carbocycles. The summed E-state index contributed by atoms with van der Waals surface area (Å²) in [6, 6.07) is 0. The molecule has 1 aromatic rings. The monoisotopic (exact) mass is 207 g/mol. The summed E-state index contributed by atoms with van der Waals surface area (Å²) in [6.45, 7) is 8.87. The van der Waals surface area contributed by atoms with Gasteiger partial charge in [-0.1, -0.05) is 13.8 Å². The number of aryl methyl sites for hydroxylation is 1. The first-order valence-electron chi connectivity index (χ1n) is 5.97. The Kier molecular flexibility index (Phi) is 2.83. The minimum absolute atomic E-state index is 0.111. The smallest absolute Gasteiger partial charge is 0.129 e. The number of imidazole rings is 1. The molecule has 0 aromatic carbocycles. The molecule has 2 rings (SSSR count). The van der Waals surface area contributed by atoms with E-state index in [2.05, 4.69) is 41.8 Å². The maximum atomic E-state index is 4.56. The third kappa shape index (κ3) is 1.59. The summed E-state index contributed by atoms with van der Waals surface area (Å²) in [5.74, 6) is 1.81. The van der Waals surface area contributed by atoms with Crippen molar-refractivity contribution >= 4 is 0 Å². The lowest BCUT2D eigenvalue weighted by molar-refractivity contribution is 0.252. The molecule has 1 aliphatic heterocycles. The molecule has 15 heavy (non-hydrogen) atoms. The number of nitrogens with zero attached hydrogens (tertiary/aromatic N) is 2. The van der Waals surface area contributed by atoms with Crippen molar-refractivity contribution in [1.82, 2.24) is 14.9 Å². The van der Waals surface area contributed by atoms with Crippen LogP contribution in [0.2, 0.25) is 0 Å². The Bertz CT molecular complexity index is 321. The zero-order valence-electron chi connectivity index (χ0n) is 9.95. The van der Waals surface area contributed by atoms with E-state index in [9.17, 15) is 0 Å². The van der Waals surface area contributed by atoms with Crippen LogP contribution in [0.5, 0.6) is 0 Å². The van der Waals surface area contributed by atoms with Gasteiger partial charge in [-0.15, -0.1) is 0 Å². The molecule has 1 aliphatic rings. The number of hydrogen-bond acceptors (Lipinski definition) is 2. The average molecular weight is 207 g/mol. The van der Waals surface area contributed by atoms with E-state index in [1.165, 1.54) is 18.7 Å². The highest BCUT2D eigenvalue weighted by Gasteiger charge is 2.41. The Hall–Kier alpha value is -0.830. The van der Waals surface area contributed by atoms with E-state index >= 15 is 0 Å². The summed E-state index contributed by atoms with van der Waals surface area (Å²) < 4.78 is 2.26. The first kappa shape index (κ1) is 10.7. The van der Waals surface area contributed by atoms with E-state index in [1.54, 1.807) is 0 Å². The van der Waals surface area contributed by atoms with Gasteiger partial charge in [0.25, 0.3) is 0 Å². The van der Waals surface area contributed by atoms with E-state index in [1.807, 2.05) is 6.20 Å². The Morgan fingerprint density at radius 1 is 1.60 bits per heavy atom. The van der Waals surface area contributed by atoms with Crippen molar-refractivity contribution in [2.75, 3.05) is 6.54 Å². The third-order valence-electron chi connectivity index (χ3n) is 3.63. The van der Waals surface area contributed by atoms with Crippen molar-refractivity contribution in [3.63, 3.8) is 0 Å². The van der Waals surface area contributed by atoms with Crippen LogP contribution in [0.1, 0.15) is 39.4 Å². The Labute approximate surface area is 91.9 Å². The summed E-state index contributed by atoms with van der Waals surface area (Å²) in [5, 5.41) is 3.66. The standard InChI is InChI=1S/C12H21N3/c1-4-15-9-8-13-11(15)12(10(2)3)6-5-7-14-12/h8-10,14H,4-7H2,1-3H3. The molecule has 1 fully saturated rings. The van der Waals surface area contributed by atoms with Gasteiger partial charge in [0.15, 0.2) is 0 Å². The van der Waals surface area contributed by atoms with Crippen molar-refractivity contribution in [2.45, 2.75) is 45.7 Å². The van der Waals surface area contributed by atoms with E-state index in [-0.39, 0.29) is 5.54 Å². The predicted molar refractivity (Wildman–Crippen MR) is 61.7 cm³/mol. The predicted octanol–water partition coefficient (Wildman–Crippen LogP) is 2.14. The van der Waals surface area contributed by atoms with Crippen molar-refractivity contribution in [3.05, 3.63) is 18.2 Å². The topological polar surface area (TPSA) is 29.9 Å². The molecule has 0 amide bonds. The first-order chi connectivity index (χ1) is 7.20. The van der Waals surface area contributed by atoms with Crippen LogP contribution in [-0.4, -0.2) is 16.1 Å². The summed E-state index contributed by atoms with van der Waals surface area (Å²) >= 11 is 0. The van der Waals surface area contributed by atoms with Gasteiger partial charge in [-0.05, 0) is 32.2 Å². The van der Waals surface area contributed by atoms with E-state index in [4.69, 9.17) is 0 Å². The van der Waals surface area contributed by atoms with Crippen LogP contribution in [-0.2, 0) is 12.1 Å². The molecule has 1 aromatic heterocycles. The summed E-state index contributed by atoms with van der Waals surface area (Å²) in [5.41, 5.74) is 0.111. The van der Waals surface area contributed by atoms with Crippen LogP contribution >= 0.6 is 0 Å². The van der Waals surface area contributed by atoms with Crippen molar-refractivity contribution in [2.24, 2.45) is 5.92 Å². The number of nitrogens with one attached hydrogen (secondary N) is 1. The van der Waals surface area contributed by atoms with Gasteiger partial charge in [0.1, 0.15) is 5.82 Å². The highest BCUT2D eigenvalue weighted by molar-refractivity contribution is 5.13. The number of hydrogen-bond donors (Lipinski definition) is 1. The lowest BCUT2D eigenvalue weighted by Gasteiger charge is -2.33. The maximum absolute atomic E-state index is 4.56. The molecule has 0 bridgehead atoms. The Morgan fingerprint density at radius 3 is 2.93 bits per heavy atom. The molecule has 3 heteroatoms. The Balaban J connectivity index is 2.40. The molecule has 0 radical (unpaired) electrons. The highest BCUT2D eigenvalue weighted by Crippen LogP contribution is 2.36. The summed E-state index contributed by atoms with van der Waals surface area (Å²) in [6.07, 6.45) is 6.47. The first-order valence-corrected chi connectivity index (χ1v) is 5.97. The quantitative estimate of drug-likeness (QED) is 0.823. The molecule has 1 saturated heterocycles. The zero-order chi connectivity index (χ0) is 10.9. The molecule has 84 valence electrons. The van der Waals surface area contributed by atoms with Crippen LogP contribution in [0.15, 0.2) is 12.4 Å². The minimum atomic E-state index is 0.111. The summed E-state index contributed by atoms with van der Waals surface area (Å²) in [4.78, 5) is 4.56. The zero-order valence-corrected chi connectivity index (χ0v) is 9.95. The molecule has 1 atom stereocenters. The van der Waals surface area contributed by atoms with Gasteiger partial charge in [0.2, 0.25) is 0 Å². The second-order valence-electron chi connectivity index (χ2n) is 4.69. The third-order valence-corrected chi connectivity index (χ3v) is 3.63. The fourth-order valence-electron chi connectivity index (χ4n) is 2.66. The van der Waals surface area contributed by atoms with E-state index in [0.717, 1.165) is 13.1 Å². The molecular weight excluding hydrogens is 186 g/mol. The Morgan fingerprint density at radius 2 is 2.40 bits per heavy atom. The SMILES string of the molecule is CCn1ccnc1C1(C(C)C)CCCN1. The average Bonchev–Trinajstić information content (AvgIpc) is 2.86. The van der Waals surface area contributed by atoms with Gasteiger partial charge in [-0.2, -0.15) is 0 Å². The molecule has 1 N–H and O–H groups in total.